The maximum atomic E-state index is 4.10. The van der Waals surface area contributed by atoms with Gasteiger partial charge in [-0.3, -0.25) is 9.88 Å². The van der Waals surface area contributed by atoms with Crippen molar-refractivity contribution in [1.29, 1.82) is 0 Å². The Balaban J connectivity index is 1.88. The van der Waals surface area contributed by atoms with Gasteiger partial charge in [0.25, 0.3) is 0 Å². The normalized spacial score (nSPS) is 22.2. The molecular weight excluding hydrogens is 186 g/mol. The van der Waals surface area contributed by atoms with E-state index in [2.05, 4.69) is 35.1 Å². The van der Waals surface area contributed by atoms with Crippen LogP contribution >= 0.6 is 0 Å². The standard InChI is InChI=1S/C12H19N3/c1-10(2)15-7-5-12(9-15)14-11-4-3-6-13-8-11/h3-4,6,8,10,12,14H,5,7,9H2,1-2H3. The average molecular weight is 205 g/mol. The van der Waals surface area contributed by atoms with E-state index >= 15 is 0 Å². The van der Waals surface area contributed by atoms with Gasteiger partial charge >= 0.3 is 0 Å². The van der Waals surface area contributed by atoms with E-state index in [0.717, 1.165) is 12.2 Å². The molecule has 1 N–H and O–H groups in total. The van der Waals surface area contributed by atoms with Gasteiger partial charge in [-0.15, -0.1) is 0 Å². The van der Waals surface area contributed by atoms with Crippen LogP contribution in [0.15, 0.2) is 24.5 Å². The van der Waals surface area contributed by atoms with Gasteiger partial charge in [-0.1, -0.05) is 0 Å². The molecule has 0 aromatic carbocycles. The first-order valence-corrected chi connectivity index (χ1v) is 5.66. The van der Waals surface area contributed by atoms with Crippen LogP contribution in [0.4, 0.5) is 5.69 Å². The molecule has 1 atom stereocenters. The molecular formula is C12H19N3. The summed E-state index contributed by atoms with van der Waals surface area (Å²) in [6.45, 7) is 6.86. The van der Waals surface area contributed by atoms with E-state index < -0.39 is 0 Å². The molecule has 0 saturated carbocycles. The van der Waals surface area contributed by atoms with E-state index in [1.54, 1.807) is 6.20 Å². The van der Waals surface area contributed by atoms with E-state index in [1.807, 2.05) is 12.3 Å². The molecule has 1 aromatic rings. The monoisotopic (exact) mass is 205 g/mol. The summed E-state index contributed by atoms with van der Waals surface area (Å²) in [6, 6.07) is 5.28. The first-order valence-electron chi connectivity index (χ1n) is 5.66. The lowest BCUT2D eigenvalue weighted by Gasteiger charge is -2.20. The van der Waals surface area contributed by atoms with E-state index in [1.165, 1.54) is 13.0 Å². The number of likely N-dealkylation sites (tertiary alicyclic amines) is 1. The predicted octanol–water partition coefficient (Wildman–Crippen LogP) is 1.98. The van der Waals surface area contributed by atoms with Gasteiger partial charge in [0.15, 0.2) is 0 Å². The van der Waals surface area contributed by atoms with Crippen molar-refractivity contribution >= 4 is 5.69 Å². The van der Waals surface area contributed by atoms with Crippen molar-refractivity contribution in [1.82, 2.24) is 9.88 Å². The highest BCUT2D eigenvalue weighted by atomic mass is 15.2. The molecule has 0 amide bonds. The summed E-state index contributed by atoms with van der Waals surface area (Å²) in [5, 5.41) is 3.52. The number of rotatable bonds is 3. The summed E-state index contributed by atoms with van der Waals surface area (Å²) in [5.74, 6) is 0. The zero-order valence-corrected chi connectivity index (χ0v) is 9.48. The second kappa shape index (κ2) is 4.62. The number of pyridine rings is 1. The number of hydrogen-bond donors (Lipinski definition) is 1. The topological polar surface area (TPSA) is 28.2 Å². The average Bonchev–Trinajstić information content (AvgIpc) is 2.68. The van der Waals surface area contributed by atoms with E-state index in [9.17, 15) is 0 Å². The van der Waals surface area contributed by atoms with Crippen LogP contribution in [0, 0.1) is 0 Å². The summed E-state index contributed by atoms with van der Waals surface area (Å²) in [4.78, 5) is 6.61. The molecule has 1 saturated heterocycles. The number of nitrogens with one attached hydrogen (secondary N) is 1. The lowest BCUT2D eigenvalue weighted by atomic mass is 10.2. The minimum atomic E-state index is 0.580. The Kier molecular flexibility index (Phi) is 3.21. The van der Waals surface area contributed by atoms with Gasteiger partial charge in [-0.25, -0.2) is 0 Å². The largest absolute Gasteiger partial charge is 0.380 e. The Morgan fingerprint density at radius 2 is 2.40 bits per heavy atom. The third-order valence-corrected chi connectivity index (χ3v) is 2.98. The predicted molar refractivity (Wildman–Crippen MR) is 63.0 cm³/mol. The van der Waals surface area contributed by atoms with Crippen LogP contribution in [0.2, 0.25) is 0 Å². The molecule has 82 valence electrons. The second-order valence-corrected chi connectivity index (χ2v) is 4.46. The van der Waals surface area contributed by atoms with E-state index in [0.29, 0.717) is 12.1 Å². The smallest absolute Gasteiger partial charge is 0.0529 e. The van der Waals surface area contributed by atoms with Gasteiger partial charge in [-0.2, -0.15) is 0 Å². The third-order valence-electron chi connectivity index (χ3n) is 2.98. The summed E-state index contributed by atoms with van der Waals surface area (Å²) in [7, 11) is 0. The van der Waals surface area contributed by atoms with Crippen LogP contribution < -0.4 is 5.32 Å². The quantitative estimate of drug-likeness (QED) is 0.817. The Morgan fingerprint density at radius 3 is 3.00 bits per heavy atom. The highest BCUT2D eigenvalue weighted by Gasteiger charge is 2.23. The highest BCUT2D eigenvalue weighted by molar-refractivity contribution is 5.41. The molecule has 0 aliphatic carbocycles. The first-order chi connectivity index (χ1) is 7.25. The first kappa shape index (κ1) is 10.4. The number of aromatic nitrogens is 1. The molecule has 0 radical (unpaired) electrons. The third kappa shape index (κ3) is 2.69. The van der Waals surface area contributed by atoms with Gasteiger partial charge in [-0.05, 0) is 32.4 Å². The Bertz CT molecular complexity index is 297. The number of anilines is 1. The van der Waals surface area contributed by atoms with E-state index in [-0.39, 0.29) is 0 Å². The Hall–Kier alpha value is -1.09. The minimum Gasteiger partial charge on any atom is -0.380 e. The fourth-order valence-electron chi connectivity index (χ4n) is 2.06. The van der Waals surface area contributed by atoms with Crippen LogP contribution in [-0.2, 0) is 0 Å². The van der Waals surface area contributed by atoms with Crippen LogP contribution in [0.5, 0.6) is 0 Å². The minimum absolute atomic E-state index is 0.580. The zero-order chi connectivity index (χ0) is 10.7. The number of hydrogen-bond acceptors (Lipinski definition) is 3. The van der Waals surface area contributed by atoms with Gasteiger partial charge in [0.1, 0.15) is 0 Å². The summed E-state index contributed by atoms with van der Waals surface area (Å²) < 4.78 is 0. The molecule has 3 heteroatoms. The molecule has 1 unspecified atom stereocenters. The molecule has 2 rings (SSSR count). The lowest BCUT2D eigenvalue weighted by molar-refractivity contribution is 0.274. The van der Waals surface area contributed by atoms with Crippen LogP contribution in [0.3, 0.4) is 0 Å². The van der Waals surface area contributed by atoms with E-state index in [4.69, 9.17) is 0 Å². The van der Waals surface area contributed by atoms with Crippen LogP contribution in [0.25, 0.3) is 0 Å². The Morgan fingerprint density at radius 1 is 1.53 bits per heavy atom. The van der Waals surface area contributed by atoms with Crippen LogP contribution in [-0.4, -0.2) is 35.1 Å². The van der Waals surface area contributed by atoms with Gasteiger partial charge < -0.3 is 5.32 Å². The maximum absolute atomic E-state index is 4.10. The number of nitrogens with zero attached hydrogens (tertiary/aromatic N) is 2. The fourth-order valence-corrected chi connectivity index (χ4v) is 2.06. The van der Waals surface area contributed by atoms with Crippen molar-refractivity contribution in [2.24, 2.45) is 0 Å². The summed E-state index contributed by atoms with van der Waals surface area (Å²) in [5.41, 5.74) is 1.13. The molecule has 1 aliphatic rings. The molecule has 2 heterocycles. The van der Waals surface area contributed by atoms with Gasteiger partial charge in [0.05, 0.1) is 5.69 Å². The maximum Gasteiger partial charge on any atom is 0.0529 e. The molecule has 0 spiro atoms. The zero-order valence-electron chi connectivity index (χ0n) is 9.48. The van der Waals surface area contributed by atoms with Gasteiger partial charge in [0, 0.05) is 37.6 Å². The van der Waals surface area contributed by atoms with Crippen molar-refractivity contribution in [3.8, 4) is 0 Å². The van der Waals surface area contributed by atoms with Crippen molar-refractivity contribution in [3.05, 3.63) is 24.5 Å². The molecule has 1 fully saturated rings. The molecule has 1 aromatic heterocycles. The lowest BCUT2D eigenvalue weighted by Crippen LogP contribution is -2.31. The van der Waals surface area contributed by atoms with Crippen molar-refractivity contribution in [3.63, 3.8) is 0 Å². The summed E-state index contributed by atoms with van der Waals surface area (Å²) >= 11 is 0. The Labute approximate surface area is 91.5 Å². The highest BCUT2D eigenvalue weighted by Crippen LogP contribution is 2.16. The van der Waals surface area contributed by atoms with Crippen molar-refractivity contribution in [2.75, 3.05) is 18.4 Å². The SMILES string of the molecule is CC(C)N1CCC(Nc2cccnc2)C1. The molecule has 15 heavy (non-hydrogen) atoms. The summed E-state index contributed by atoms with van der Waals surface area (Å²) in [6.07, 6.45) is 4.92. The van der Waals surface area contributed by atoms with Crippen molar-refractivity contribution < 1.29 is 0 Å². The fraction of sp³-hybridized carbons (Fsp3) is 0.583. The van der Waals surface area contributed by atoms with Crippen LogP contribution in [0.1, 0.15) is 20.3 Å². The van der Waals surface area contributed by atoms with Crippen molar-refractivity contribution in [2.45, 2.75) is 32.4 Å². The second-order valence-electron chi connectivity index (χ2n) is 4.46. The molecule has 0 bridgehead atoms. The van der Waals surface area contributed by atoms with Gasteiger partial charge in [0.2, 0.25) is 0 Å². The molecule has 3 nitrogen and oxygen atoms in total. The molecule has 1 aliphatic heterocycles.